The normalized spacial score (nSPS) is 10.8. The van der Waals surface area contributed by atoms with Crippen molar-refractivity contribution in [3.05, 3.63) is 91.0 Å². The van der Waals surface area contributed by atoms with Gasteiger partial charge in [0.1, 0.15) is 18.1 Å². The largest absolute Gasteiger partial charge is 0.497 e. The van der Waals surface area contributed by atoms with Crippen LogP contribution in [0.25, 0.3) is 0 Å². The molecule has 1 amide bonds. The monoisotopic (exact) mass is 452 g/mol. The lowest BCUT2D eigenvalue weighted by Crippen LogP contribution is -2.26. The fourth-order valence-electron chi connectivity index (χ4n) is 2.89. The third-order valence-corrected chi connectivity index (χ3v) is 6.47. The Bertz CT molecular complexity index is 1190. The van der Waals surface area contributed by atoms with Crippen molar-refractivity contribution in [2.45, 2.75) is 4.90 Å². The van der Waals surface area contributed by atoms with E-state index < -0.39 is 10.0 Å². The summed E-state index contributed by atoms with van der Waals surface area (Å²) in [5.41, 5.74) is 1.40. The lowest BCUT2D eigenvalue weighted by molar-refractivity contribution is 0.102. The predicted octanol–water partition coefficient (Wildman–Crippen LogP) is 4.34. The first-order valence-corrected chi connectivity index (χ1v) is 11.2. The van der Waals surface area contributed by atoms with E-state index in [1.54, 1.807) is 66.7 Å². The van der Waals surface area contributed by atoms with Crippen LogP contribution < -0.4 is 19.1 Å². The van der Waals surface area contributed by atoms with E-state index in [4.69, 9.17) is 9.47 Å². The number of methoxy groups -OCH3 is 1. The highest BCUT2D eigenvalue weighted by Gasteiger charge is 2.21. The number of nitrogens with zero attached hydrogens (tertiary/aromatic N) is 1. The van der Waals surface area contributed by atoms with Crippen molar-refractivity contribution < 1.29 is 22.7 Å². The molecule has 7 nitrogen and oxygen atoms in total. The SMILES string of the molecule is C=CCOc1cccc(NC(=O)c2ccc(N(C)S(=O)(=O)c3ccc(OC)cc3)cc2)c1. The van der Waals surface area contributed by atoms with Gasteiger partial charge in [0.15, 0.2) is 0 Å². The van der Waals surface area contributed by atoms with E-state index in [1.807, 2.05) is 0 Å². The summed E-state index contributed by atoms with van der Waals surface area (Å²) in [7, 11) is -0.779. The van der Waals surface area contributed by atoms with E-state index in [9.17, 15) is 13.2 Å². The van der Waals surface area contributed by atoms with Crippen LogP contribution in [0.1, 0.15) is 10.4 Å². The molecule has 0 saturated heterocycles. The van der Waals surface area contributed by atoms with Gasteiger partial charge in [0.05, 0.1) is 17.7 Å². The smallest absolute Gasteiger partial charge is 0.264 e. The molecule has 0 aliphatic heterocycles. The third kappa shape index (κ3) is 5.28. The van der Waals surface area contributed by atoms with Crippen molar-refractivity contribution in [1.82, 2.24) is 0 Å². The van der Waals surface area contributed by atoms with Gasteiger partial charge in [0.2, 0.25) is 0 Å². The molecule has 3 aromatic carbocycles. The number of rotatable bonds is 9. The molecule has 0 bridgehead atoms. The Labute approximate surface area is 188 Å². The molecule has 0 spiro atoms. The third-order valence-electron chi connectivity index (χ3n) is 4.67. The second-order valence-corrected chi connectivity index (χ2v) is 8.75. The number of anilines is 2. The highest BCUT2D eigenvalue weighted by molar-refractivity contribution is 7.92. The van der Waals surface area contributed by atoms with Gasteiger partial charge in [-0.25, -0.2) is 8.42 Å². The molecule has 32 heavy (non-hydrogen) atoms. The molecule has 166 valence electrons. The van der Waals surface area contributed by atoms with Crippen LogP contribution in [0.5, 0.6) is 11.5 Å². The Morgan fingerprint density at radius 2 is 1.72 bits per heavy atom. The molecule has 0 aliphatic rings. The number of nitrogens with one attached hydrogen (secondary N) is 1. The standard InChI is InChI=1S/C24H24N2O5S/c1-4-16-31-22-7-5-6-19(17-22)25-24(27)18-8-10-20(11-9-18)26(2)32(28,29)23-14-12-21(30-3)13-15-23/h4-15,17H,1,16H2,2-3H3,(H,25,27). The zero-order chi connectivity index (χ0) is 23.1. The zero-order valence-electron chi connectivity index (χ0n) is 17.8. The van der Waals surface area contributed by atoms with Gasteiger partial charge in [-0.05, 0) is 60.7 Å². The summed E-state index contributed by atoms with van der Waals surface area (Å²) in [6.45, 7) is 3.97. The fourth-order valence-corrected chi connectivity index (χ4v) is 4.08. The number of amides is 1. The van der Waals surface area contributed by atoms with Crippen molar-refractivity contribution in [2.24, 2.45) is 0 Å². The molecule has 0 saturated carbocycles. The summed E-state index contributed by atoms with van der Waals surface area (Å²) in [5.74, 6) is 0.862. The number of sulfonamides is 1. The summed E-state index contributed by atoms with van der Waals surface area (Å²) in [6.07, 6.45) is 1.64. The molecule has 0 radical (unpaired) electrons. The molecule has 1 N–H and O–H groups in total. The fraction of sp³-hybridized carbons (Fsp3) is 0.125. The van der Waals surface area contributed by atoms with Gasteiger partial charge in [0, 0.05) is 24.4 Å². The van der Waals surface area contributed by atoms with E-state index in [-0.39, 0.29) is 10.8 Å². The Morgan fingerprint density at radius 1 is 1.03 bits per heavy atom. The second kappa shape index (κ2) is 10.0. The van der Waals surface area contributed by atoms with E-state index in [0.717, 1.165) is 4.31 Å². The number of ether oxygens (including phenoxy) is 2. The minimum Gasteiger partial charge on any atom is -0.497 e. The molecule has 3 aromatic rings. The maximum atomic E-state index is 12.9. The summed E-state index contributed by atoms with van der Waals surface area (Å²) >= 11 is 0. The summed E-state index contributed by atoms with van der Waals surface area (Å²) in [4.78, 5) is 12.7. The first-order chi connectivity index (χ1) is 15.3. The average Bonchev–Trinajstić information content (AvgIpc) is 2.82. The van der Waals surface area contributed by atoms with Crippen molar-refractivity contribution in [3.8, 4) is 11.5 Å². The van der Waals surface area contributed by atoms with Gasteiger partial charge in [-0.2, -0.15) is 0 Å². The molecule has 0 aromatic heterocycles. The quantitative estimate of drug-likeness (QED) is 0.488. The van der Waals surface area contributed by atoms with Crippen LogP contribution in [0, 0.1) is 0 Å². The van der Waals surface area contributed by atoms with Crippen molar-refractivity contribution in [3.63, 3.8) is 0 Å². The zero-order valence-corrected chi connectivity index (χ0v) is 18.6. The number of carbonyl (C=O) groups excluding carboxylic acids is 1. The van der Waals surface area contributed by atoms with Gasteiger partial charge in [-0.15, -0.1) is 0 Å². The van der Waals surface area contributed by atoms with Gasteiger partial charge < -0.3 is 14.8 Å². The molecule has 0 unspecified atom stereocenters. The van der Waals surface area contributed by atoms with E-state index in [2.05, 4.69) is 11.9 Å². The first kappa shape index (κ1) is 22.9. The number of carbonyl (C=O) groups is 1. The van der Waals surface area contributed by atoms with E-state index in [1.165, 1.54) is 26.3 Å². The van der Waals surface area contributed by atoms with Gasteiger partial charge >= 0.3 is 0 Å². The Kier molecular flexibility index (Phi) is 7.17. The molecule has 3 rings (SSSR count). The van der Waals surface area contributed by atoms with Crippen LogP contribution in [0.15, 0.2) is 90.3 Å². The van der Waals surface area contributed by atoms with Crippen LogP contribution in [0.3, 0.4) is 0 Å². The molecule has 0 aliphatic carbocycles. The first-order valence-electron chi connectivity index (χ1n) is 9.73. The van der Waals surface area contributed by atoms with Crippen LogP contribution in [-0.4, -0.2) is 35.1 Å². The average molecular weight is 453 g/mol. The van der Waals surface area contributed by atoms with Gasteiger partial charge in [-0.3, -0.25) is 9.10 Å². The van der Waals surface area contributed by atoms with Crippen LogP contribution in [0.2, 0.25) is 0 Å². The summed E-state index contributed by atoms with van der Waals surface area (Å²) in [5, 5.41) is 2.80. The second-order valence-electron chi connectivity index (χ2n) is 6.78. The minimum atomic E-state index is -3.75. The molecule has 0 atom stereocenters. The Hall–Kier alpha value is -3.78. The number of hydrogen-bond acceptors (Lipinski definition) is 5. The molecule has 0 fully saturated rings. The van der Waals surface area contributed by atoms with Crippen LogP contribution in [-0.2, 0) is 10.0 Å². The highest BCUT2D eigenvalue weighted by atomic mass is 32.2. The number of benzene rings is 3. The van der Waals surface area contributed by atoms with E-state index >= 15 is 0 Å². The van der Waals surface area contributed by atoms with Gasteiger partial charge in [0.25, 0.3) is 15.9 Å². The lowest BCUT2D eigenvalue weighted by Gasteiger charge is -2.20. The molecule has 0 heterocycles. The summed E-state index contributed by atoms with van der Waals surface area (Å²) < 4.78 is 37.5. The minimum absolute atomic E-state index is 0.140. The summed E-state index contributed by atoms with van der Waals surface area (Å²) in [6, 6.07) is 19.5. The van der Waals surface area contributed by atoms with Crippen molar-refractivity contribution >= 4 is 27.3 Å². The maximum absolute atomic E-state index is 12.9. The van der Waals surface area contributed by atoms with E-state index in [0.29, 0.717) is 35.0 Å². The van der Waals surface area contributed by atoms with Gasteiger partial charge in [-0.1, -0.05) is 18.7 Å². The van der Waals surface area contributed by atoms with Crippen LogP contribution >= 0.6 is 0 Å². The maximum Gasteiger partial charge on any atom is 0.264 e. The lowest BCUT2D eigenvalue weighted by atomic mass is 10.2. The topological polar surface area (TPSA) is 84.9 Å². The predicted molar refractivity (Wildman–Crippen MR) is 125 cm³/mol. The molecular formula is C24H24N2O5S. The van der Waals surface area contributed by atoms with Crippen molar-refractivity contribution in [2.75, 3.05) is 30.4 Å². The Balaban J connectivity index is 1.72. The molecule has 8 heteroatoms. The Morgan fingerprint density at radius 3 is 2.34 bits per heavy atom. The highest BCUT2D eigenvalue weighted by Crippen LogP contribution is 2.24. The van der Waals surface area contributed by atoms with Crippen molar-refractivity contribution in [1.29, 1.82) is 0 Å². The van der Waals surface area contributed by atoms with Crippen LogP contribution in [0.4, 0.5) is 11.4 Å². The molecular weight excluding hydrogens is 428 g/mol. The number of hydrogen-bond donors (Lipinski definition) is 1.